The molecule has 0 unspecified atom stereocenters. The van der Waals surface area contributed by atoms with Crippen LogP contribution in [0, 0.1) is 0 Å². The molecule has 0 radical (unpaired) electrons. The minimum absolute atomic E-state index is 0.144. The predicted octanol–water partition coefficient (Wildman–Crippen LogP) is 0.619. The average molecular weight is 166 g/mol. The number of halogens is 1. The highest BCUT2D eigenvalue weighted by atomic mass is 35.5. The van der Waals surface area contributed by atoms with Crippen LogP contribution in [0.3, 0.4) is 0 Å². The lowest BCUT2D eigenvalue weighted by Gasteiger charge is -1.98. The largest absolute Gasteiger partial charge is 0.461 e. The third kappa shape index (κ3) is 2.68. The normalized spacial score (nSPS) is 11.2. The highest BCUT2D eigenvalue weighted by Crippen LogP contribution is 1.87. The molecule has 58 valence electrons. The van der Waals surface area contributed by atoms with E-state index in [1.807, 2.05) is 0 Å². The van der Waals surface area contributed by atoms with Crippen molar-refractivity contribution in [2.75, 3.05) is 12.5 Å². The number of rotatable bonds is 3. The Labute approximate surface area is 63.4 Å². The second-order valence-corrected chi connectivity index (χ2v) is 1.67. The lowest BCUT2D eigenvalue weighted by Crippen LogP contribution is -2.18. The Hall–Kier alpha value is -0.770. The summed E-state index contributed by atoms with van der Waals surface area (Å²) in [4.78, 5) is 10.6. The molecule has 0 aromatic rings. The lowest BCUT2D eigenvalue weighted by molar-refractivity contribution is -0.135. The van der Waals surface area contributed by atoms with Crippen LogP contribution in [0.5, 0.6) is 0 Å². The Morgan fingerprint density at radius 1 is 1.80 bits per heavy atom. The number of nitrogens with zero attached hydrogens (tertiary/aromatic N) is 1. The smallest absolute Gasteiger partial charge is 0.357 e. The second kappa shape index (κ2) is 5.05. The third-order valence-corrected chi connectivity index (χ3v) is 1.01. The maximum Gasteiger partial charge on any atom is 0.357 e. The molecule has 0 aromatic heterocycles. The summed E-state index contributed by atoms with van der Waals surface area (Å²) in [7, 11) is 0. The summed E-state index contributed by atoms with van der Waals surface area (Å²) < 4.78 is 4.47. The quantitative estimate of drug-likeness (QED) is 0.219. The van der Waals surface area contributed by atoms with Gasteiger partial charge in [0, 0.05) is 0 Å². The third-order valence-electron chi connectivity index (χ3n) is 0.758. The molecule has 0 aliphatic rings. The second-order valence-electron chi connectivity index (χ2n) is 1.40. The molecule has 0 aromatic carbocycles. The average Bonchev–Trinajstić information content (AvgIpc) is 1.91. The van der Waals surface area contributed by atoms with Gasteiger partial charge in [0.1, 0.15) is 0 Å². The van der Waals surface area contributed by atoms with Crippen LogP contribution in [0.1, 0.15) is 6.92 Å². The first-order valence-electron chi connectivity index (χ1n) is 2.70. The molecule has 0 bridgehead atoms. The number of hydrogen-bond donors (Lipinski definition) is 1. The fourth-order valence-corrected chi connectivity index (χ4v) is 0.499. The number of alkyl halides is 1. The molecule has 4 nitrogen and oxygen atoms in total. The summed E-state index contributed by atoms with van der Waals surface area (Å²) in [5.41, 5.74) is -0.177. The molecule has 10 heavy (non-hydrogen) atoms. The SMILES string of the molecule is CCOC(=O)/C(CCl)=N\O. The van der Waals surface area contributed by atoms with Crippen molar-refractivity contribution >= 4 is 23.3 Å². The monoisotopic (exact) mass is 165 g/mol. The van der Waals surface area contributed by atoms with Crippen molar-refractivity contribution in [3.63, 3.8) is 0 Å². The van der Waals surface area contributed by atoms with Crippen molar-refractivity contribution in [2.24, 2.45) is 5.16 Å². The summed E-state index contributed by atoms with van der Waals surface area (Å²) in [6.45, 7) is 1.90. The van der Waals surface area contributed by atoms with Crippen molar-refractivity contribution in [1.82, 2.24) is 0 Å². The zero-order chi connectivity index (χ0) is 7.98. The highest BCUT2D eigenvalue weighted by Gasteiger charge is 2.10. The molecular formula is C5H8ClNO3. The topological polar surface area (TPSA) is 58.9 Å². The van der Waals surface area contributed by atoms with E-state index < -0.39 is 5.97 Å². The fourth-order valence-electron chi connectivity index (χ4n) is 0.337. The number of hydrogen-bond acceptors (Lipinski definition) is 4. The van der Waals surface area contributed by atoms with Crippen molar-refractivity contribution in [2.45, 2.75) is 6.92 Å². The maximum absolute atomic E-state index is 10.6. The fraction of sp³-hybridized carbons (Fsp3) is 0.600. The van der Waals surface area contributed by atoms with Crippen LogP contribution in [0.2, 0.25) is 0 Å². The van der Waals surface area contributed by atoms with Gasteiger partial charge in [0.05, 0.1) is 12.5 Å². The molecule has 0 amide bonds. The summed E-state index contributed by atoms with van der Waals surface area (Å²) in [5, 5.41) is 10.8. The van der Waals surface area contributed by atoms with Gasteiger partial charge in [-0.1, -0.05) is 5.16 Å². The Balaban J connectivity index is 3.91. The lowest BCUT2D eigenvalue weighted by atomic mass is 10.4. The van der Waals surface area contributed by atoms with Gasteiger partial charge in [-0.05, 0) is 6.92 Å². The van der Waals surface area contributed by atoms with E-state index in [4.69, 9.17) is 16.8 Å². The predicted molar refractivity (Wildman–Crippen MR) is 36.6 cm³/mol. The molecule has 0 heterocycles. The van der Waals surface area contributed by atoms with Gasteiger partial charge in [0.15, 0.2) is 5.71 Å². The molecule has 0 fully saturated rings. The van der Waals surface area contributed by atoms with Gasteiger partial charge < -0.3 is 9.94 Å². The first kappa shape index (κ1) is 9.23. The van der Waals surface area contributed by atoms with Gasteiger partial charge in [0.25, 0.3) is 0 Å². The minimum atomic E-state index is -0.681. The highest BCUT2D eigenvalue weighted by molar-refractivity contribution is 6.47. The number of carbonyl (C=O) groups is 1. The standard InChI is InChI=1S/C5H8ClNO3/c1-2-10-5(8)4(3-6)7-9/h9H,2-3H2,1H3/b7-4-. The van der Waals surface area contributed by atoms with E-state index in [9.17, 15) is 4.79 Å². The van der Waals surface area contributed by atoms with Crippen LogP contribution in [-0.4, -0.2) is 29.4 Å². The molecule has 0 aliphatic carbocycles. The molecular weight excluding hydrogens is 158 g/mol. The number of ether oxygens (including phenoxy) is 1. The molecule has 1 N–H and O–H groups in total. The van der Waals surface area contributed by atoms with E-state index in [0.717, 1.165) is 0 Å². The summed E-state index contributed by atoms with van der Waals surface area (Å²) in [6.07, 6.45) is 0. The van der Waals surface area contributed by atoms with Gasteiger partial charge in [-0.3, -0.25) is 0 Å². The van der Waals surface area contributed by atoms with E-state index in [1.54, 1.807) is 6.92 Å². The molecule has 0 saturated heterocycles. The molecule has 0 saturated carbocycles. The van der Waals surface area contributed by atoms with Gasteiger partial charge in [0.2, 0.25) is 0 Å². The summed E-state index contributed by atoms with van der Waals surface area (Å²) in [6, 6.07) is 0. The summed E-state index contributed by atoms with van der Waals surface area (Å²) in [5.74, 6) is -0.824. The zero-order valence-electron chi connectivity index (χ0n) is 5.50. The number of oxime groups is 1. The number of esters is 1. The van der Waals surface area contributed by atoms with Crippen LogP contribution in [0.4, 0.5) is 0 Å². The van der Waals surface area contributed by atoms with E-state index in [-0.39, 0.29) is 18.2 Å². The Morgan fingerprint density at radius 3 is 2.70 bits per heavy atom. The Bertz CT molecular complexity index is 146. The van der Waals surface area contributed by atoms with Gasteiger partial charge >= 0.3 is 5.97 Å². The molecule has 5 heteroatoms. The number of carbonyl (C=O) groups excluding carboxylic acids is 1. The van der Waals surface area contributed by atoms with Gasteiger partial charge in [-0.2, -0.15) is 0 Å². The van der Waals surface area contributed by atoms with Crippen LogP contribution in [0.25, 0.3) is 0 Å². The van der Waals surface area contributed by atoms with E-state index in [2.05, 4.69) is 9.89 Å². The van der Waals surface area contributed by atoms with Gasteiger partial charge in [-0.15, -0.1) is 11.6 Å². The maximum atomic E-state index is 10.6. The van der Waals surface area contributed by atoms with E-state index in [0.29, 0.717) is 0 Å². The van der Waals surface area contributed by atoms with Crippen molar-refractivity contribution in [3.8, 4) is 0 Å². The van der Waals surface area contributed by atoms with Crippen LogP contribution < -0.4 is 0 Å². The van der Waals surface area contributed by atoms with Crippen LogP contribution in [-0.2, 0) is 9.53 Å². The Kier molecular flexibility index (Phi) is 4.66. The van der Waals surface area contributed by atoms with Crippen molar-refractivity contribution in [3.05, 3.63) is 0 Å². The first-order chi connectivity index (χ1) is 4.76. The Morgan fingerprint density at radius 2 is 2.40 bits per heavy atom. The molecule has 0 rings (SSSR count). The van der Waals surface area contributed by atoms with Gasteiger partial charge in [-0.25, -0.2) is 4.79 Å². The van der Waals surface area contributed by atoms with E-state index >= 15 is 0 Å². The van der Waals surface area contributed by atoms with Crippen molar-refractivity contribution < 1.29 is 14.7 Å². The molecule has 0 aliphatic heterocycles. The van der Waals surface area contributed by atoms with Crippen LogP contribution >= 0.6 is 11.6 Å². The van der Waals surface area contributed by atoms with Crippen LogP contribution in [0.15, 0.2) is 5.16 Å². The van der Waals surface area contributed by atoms with Crippen molar-refractivity contribution in [1.29, 1.82) is 0 Å². The van der Waals surface area contributed by atoms with E-state index in [1.165, 1.54) is 0 Å². The minimum Gasteiger partial charge on any atom is -0.461 e. The first-order valence-corrected chi connectivity index (χ1v) is 3.23. The molecule has 0 spiro atoms. The summed E-state index contributed by atoms with van der Waals surface area (Å²) >= 11 is 5.21. The molecule has 0 atom stereocenters. The zero-order valence-corrected chi connectivity index (χ0v) is 6.26.